The molecule has 0 aromatic heterocycles. The van der Waals surface area contributed by atoms with Crippen LogP contribution in [0.4, 0.5) is 0 Å². The van der Waals surface area contributed by atoms with Gasteiger partial charge in [-0.1, -0.05) is 0 Å². The minimum atomic E-state index is 0.334. The normalized spacial score (nSPS) is 13.0. The van der Waals surface area contributed by atoms with E-state index in [1.807, 2.05) is 0 Å². The van der Waals surface area contributed by atoms with E-state index in [4.69, 9.17) is 11.5 Å². The molecule has 1 atom stereocenters. The number of hydrogen-bond acceptors (Lipinski definition) is 4. The molecule has 0 aromatic carbocycles. The molecule has 0 rings (SSSR count). The highest BCUT2D eigenvalue weighted by atomic mass is 14.9. The second kappa shape index (κ2) is 11.9. The van der Waals surface area contributed by atoms with Crippen molar-refractivity contribution in [2.75, 3.05) is 32.7 Å². The predicted octanol–water partition coefficient (Wildman–Crippen LogP) is 0.0319. The molecule has 0 bridgehead atoms. The van der Waals surface area contributed by atoms with Crippen LogP contribution in [0.3, 0.4) is 0 Å². The van der Waals surface area contributed by atoms with E-state index in [9.17, 15) is 0 Å². The van der Waals surface area contributed by atoms with Gasteiger partial charge >= 0.3 is 0 Å². The minimum Gasteiger partial charge on any atom is -0.330 e. The van der Waals surface area contributed by atoms with Crippen LogP contribution in [-0.2, 0) is 0 Å². The van der Waals surface area contributed by atoms with E-state index < -0.39 is 0 Å². The maximum absolute atomic E-state index is 5.65. The SMILES string of the molecule is CC(N)CCCNCCNCCCCN. The Balaban J connectivity index is 2.87. The van der Waals surface area contributed by atoms with Crippen molar-refractivity contribution in [3.8, 4) is 0 Å². The molecule has 0 heterocycles. The summed E-state index contributed by atoms with van der Waals surface area (Å²) < 4.78 is 0. The molecule has 4 nitrogen and oxygen atoms in total. The lowest BCUT2D eigenvalue weighted by Crippen LogP contribution is -2.29. The Hall–Kier alpha value is -0.160. The Kier molecular flexibility index (Phi) is 11.8. The van der Waals surface area contributed by atoms with Gasteiger partial charge in [-0.25, -0.2) is 0 Å². The second-order valence-electron chi connectivity index (χ2n) is 4.12. The summed E-state index contributed by atoms with van der Waals surface area (Å²) >= 11 is 0. The zero-order chi connectivity index (χ0) is 11.4. The quantitative estimate of drug-likeness (QED) is 0.368. The number of hydrogen-bond donors (Lipinski definition) is 4. The lowest BCUT2D eigenvalue weighted by molar-refractivity contribution is 0.551. The fourth-order valence-corrected chi connectivity index (χ4v) is 1.37. The maximum Gasteiger partial charge on any atom is 0.00767 e. The van der Waals surface area contributed by atoms with Gasteiger partial charge in [0, 0.05) is 19.1 Å². The Labute approximate surface area is 94.2 Å². The summed E-state index contributed by atoms with van der Waals surface area (Å²) in [7, 11) is 0. The molecule has 0 amide bonds. The number of nitrogens with one attached hydrogen (secondary N) is 2. The van der Waals surface area contributed by atoms with Crippen molar-refractivity contribution in [2.24, 2.45) is 11.5 Å². The smallest absolute Gasteiger partial charge is 0.00767 e. The zero-order valence-electron chi connectivity index (χ0n) is 10.1. The van der Waals surface area contributed by atoms with Crippen LogP contribution >= 0.6 is 0 Å². The summed E-state index contributed by atoms with van der Waals surface area (Å²) in [6.07, 6.45) is 4.58. The van der Waals surface area contributed by atoms with Crippen molar-refractivity contribution in [2.45, 2.75) is 38.6 Å². The fraction of sp³-hybridized carbons (Fsp3) is 1.00. The van der Waals surface area contributed by atoms with Crippen LogP contribution in [0.2, 0.25) is 0 Å². The average Bonchev–Trinajstić information content (AvgIpc) is 2.20. The average molecular weight is 216 g/mol. The molecule has 15 heavy (non-hydrogen) atoms. The predicted molar refractivity (Wildman–Crippen MR) is 66.9 cm³/mol. The summed E-state index contributed by atoms with van der Waals surface area (Å²) in [6.45, 7) is 7.10. The molecule has 0 aliphatic carbocycles. The third kappa shape index (κ3) is 13.8. The fourth-order valence-electron chi connectivity index (χ4n) is 1.37. The van der Waals surface area contributed by atoms with Gasteiger partial charge in [-0.05, 0) is 52.2 Å². The lowest BCUT2D eigenvalue weighted by Gasteiger charge is -2.07. The van der Waals surface area contributed by atoms with E-state index in [1.54, 1.807) is 0 Å². The lowest BCUT2D eigenvalue weighted by atomic mass is 10.2. The van der Waals surface area contributed by atoms with Gasteiger partial charge in [-0.3, -0.25) is 0 Å². The topological polar surface area (TPSA) is 76.1 Å². The highest BCUT2D eigenvalue weighted by Gasteiger charge is 1.93. The van der Waals surface area contributed by atoms with Gasteiger partial charge < -0.3 is 22.1 Å². The summed E-state index contributed by atoms with van der Waals surface area (Å²) in [5.74, 6) is 0. The van der Waals surface area contributed by atoms with Crippen molar-refractivity contribution in [1.82, 2.24) is 10.6 Å². The van der Waals surface area contributed by atoms with Crippen LogP contribution in [0, 0.1) is 0 Å². The molecule has 1 unspecified atom stereocenters. The molecule has 0 spiro atoms. The van der Waals surface area contributed by atoms with Gasteiger partial charge in [0.05, 0.1) is 0 Å². The molecule has 0 saturated heterocycles. The third-order valence-corrected chi connectivity index (χ3v) is 2.30. The highest BCUT2D eigenvalue weighted by molar-refractivity contribution is 4.57. The first-order valence-electron chi connectivity index (χ1n) is 6.14. The minimum absolute atomic E-state index is 0.334. The third-order valence-electron chi connectivity index (χ3n) is 2.30. The summed E-state index contributed by atoms with van der Waals surface area (Å²) in [6, 6.07) is 0.334. The number of nitrogens with two attached hydrogens (primary N) is 2. The first kappa shape index (κ1) is 14.8. The second-order valence-corrected chi connectivity index (χ2v) is 4.12. The summed E-state index contributed by atoms with van der Waals surface area (Å²) in [5, 5.41) is 6.77. The summed E-state index contributed by atoms with van der Waals surface area (Å²) in [5.41, 5.74) is 11.0. The number of rotatable bonds is 11. The Morgan fingerprint density at radius 2 is 1.53 bits per heavy atom. The van der Waals surface area contributed by atoms with Crippen LogP contribution in [0.15, 0.2) is 0 Å². The van der Waals surface area contributed by atoms with Crippen molar-refractivity contribution in [3.05, 3.63) is 0 Å². The molecule has 0 radical (unpaired) electrons. The van der Waals surface area contributed by atoms with Gasteiger partial charge in [0.1, 0.15) is 0 Å². The van der Waals surface area contributed by atoms with E-state index in [1.165, 1.54) is 12.8 Å². The Bertz CT molecular complexity index is 117. The first-order chi connectivity index (χ1) is 7.27. The van der Waals surface area contributed by atoms with Crippen LogP contribution in [0.25, 0.3) is 0 Å². The molecular weight excluding hydrogens is 188 g/mol. The monoisotopic (exact) mass is 216 g/mol. The van der Waals surface area contributed by atoms with E-state index in [0.29, 0.717) is 6.04 Å². The van der Waals surface area contributed by atoms with Crippen LogP contribution in [0.5, 0.6) is 0 Å². The van der Waals surface area contributed by atoms with Crippen molar-refractivity contribution in [3.63, 3.8) is 0 Å². The van der Waals surface area contributed by atoms with Crippen LogP contribution in [0.1, 0.15) is 32.6 Å². The van der Waals surface area contributed by atoms with Gasteiger partial charge in [-0.2, -0.15) is 0 Å². The maximum atomic E-state index is 5.65. The van der Waals surface area contributed by atoms with Crippen molar-refractivity contribution < 1.29 is 0 Å². The molecule has 0 aromatic rings. The molecule has 6 N–H and O–H groups in total. The molecule has 0 aliphatic rings. The Morgan fingerprint density at radius 1 is 0.933 bits per heavy atom. The molecule has 4 heteroatoms. The van der Waals surface area contributed by atoms with E-state index in [-0.39, 0.29) is 0 Å². The van der Waals surface area contributed by atoms with Crippen molar-refractivity contribution >= 4 is 0 Å². The molecule has 92 valence electrons. The molecule has 0 fully saturated rings. The number of unbranched alkanes of at least 4 members (excludes halogenated alkanes) is 1. The van der Waals surface area contributed by atoms with Gasteiger partial charge in [-0.15, -0.1) is 0 Å². The van der Waals surface area contributed by atoms with Crippen molar-refractivity contribution in [1.29, 1.82) is 0 Å². The van der Waals surface area contributed by atoms with Crippen LogP contribution < -0.4 is 22.1 Å². The first-order valence-corrected chi connectivity index (χ1v) is 6.14. The zero-order valence-corrected chi connectivity index (χ0v) is 10.1. The summed E-state index contributed by atoms with van der Waals surface area (Å²) in [4.78, 5) is 0. The van der Waals surface area contributed by atoms with E-state index >= 15 is 0 Å². The Morgan fingerprint density at radius 3 is 2.07 bits per heavy atom. The van der Waals surface area contributed by atoms with E-state index in [0.717, 1.165) is 45.6 Å². The van der Waals surface area contributed by atoms with E-state index in [2.05, 4.69) is 17.6 Å². The molecular formula is C11H28N4. The van der Waals surface area contributed by atoms with Gasteiger partial charge in [0.25, 0.3) is 0 Å². The van der Waals surface area contributed by atoms with Gasteiger partial charge in [0.15, 0.2) is 0 Å². The van der Waals surface area contributed by atoms with Crippen LogP contribution in [-0.4, -0.2) is 38.8 Å². The standard InChI is InChI=1S/C11H28N4/c1-11(13)5-4-8-15-10-9-14-7-3-2-6-12/h11,14-15H,2-10,12-13H2,1H3. The molecule has 0 saturated carbocycles. The highest BCUT2D eigenvalue weighted by Crippen LogP contribution is 1.90. The van der Waals surface area contributed by atoms with Gasteiger partial charge in [0.2, 0.25) is 0 Å². The largest absolute Gasteiger partial charge is 0.330 e. The molecule has 0 aliphatic heterocycles.